The molecule has 0 N–H and O–H groups in total. The molecule has 3 rings (SSSR count). The van der Waals surface area contributed by atoms with Crippen molar-refractivity contribution in [2.75, 3.05) is 35.2 Å². The molecule has 6 heteroatoms. The fourth-order valence-corrected chi connectivity index (χ4v) is 10.3. The SMILES string of the molecule is CCCCP(CCCC)C(Cl)C(CC(Cl)=CC=C(C)C)=C1N(c2c(C)cc(C)cc2C)CCN1c1c(C)cc(C)cc1C.[Ru]. The van der Waals surface area contributed by atoms with Crippen LogP contribution in [0.15, 0.2) is 58.4 Å². The Bertz CT molecular complexity index is 1240. The van der Waals surface area contributed by atoms with Crippen LogP contribution in [0.1, 0.15) is 93.2 Å². The number of allylic oxidation sites excluding steroid dienone is 5. The number of aryl methyl sites for hydroxylation is 6. The van der Waals surface area contributed by atoms with Crippen LogP contribution in [0.2, 0.25) is 0 Å². The molecule has 1 unspecified atom stereocenters. The van der Waals surface area contributed by atoms with E-state index < -0.39 is 7.92 Å². The maximum Gasteiger partial charge on any atom is 0.114 e. The molecular weight excluding hydrogens is 687 g/mol. The van der Waals surface area contributed by atoms with Crippen LogP contribution in [0, 0.1) is 41.5 Å². The summed E-state index contributed by atoms with van der Waals surface area (Å²) >= 11 is 14.9. The van der Waals surface area contributed by atoms with Crippen LogP contribution in [-0.4, -0.2) is 30.5 Å². The molecule has 1 saturated heterocycles. The Balaban J connectivity index is 0.00000675. The monoisotopic (exact) mass is 742 g/mol. The van der Waals surface area contributed by atoms with Crippen molar-refractivity contribution in [3.63, 3.8) is 0 Å². The van der Waals surface area contributed by atoms with Gasteiger partial charge in [0.25, 0.3) is 0 Å². The molecule has 1 fully saturated rings. The van der Waals surface area contributed by atoms with E-state index in [0.29, 0.717) is 6.42 Å². The van der Waals surface area contributed by atoms with Crippen molar-refractivity contribution >= 4 is 42.5 Å². The minimum atomic E-state index is -0.405. The molecule has 44 heavy (non-hydrogen) atoms. The van der Waals surface area contributed by atoms with Gasteiger partial charge in [-0.05, 0) is 114 Å². The second-order valence-electron chi connectivity index (χ2n) is 12.8. The maximum atomic E-state index is 7.80. The second-order valence-corrected chi connectivity index (χ2v) is 16.6. The summed E-state index contributed by atoms with van der Waals surface area (Å²) in [6.07, 6.45) is 12.1. The van der Waals surface area contributed by atoms with Crippen LogP contribution in [-0.2, 0) is 19.5 Å². The number of hydrogen-bond donors (Lipinski definition) is 0. The van der Waals surface area contributed by atoms with Crippen LogP contribution in [0.5, 0.6) is 0 Å². The van der Waals surface area contributed by atoms with Gasteiger partial charge in [-0.3, -0.25) is 0 Å². The standard InChI is InChI=1S/C38H55Cl2N2P.Ru/c1-11-13-19-43(20-14-12-2)37(40)34(25-33(39)16-15-26(3)4)38-41(35-29(7)21-27(5)22-30(35)8)17-18-42(38)36-31(9)23-28(6)24-32(36)10;/h15-16,21-24,37H,11-14,17-20,25H2,1-10H3;. The number of halogens is 2. The molecule has 0 aliphatic carbocycles. The Morgan fingerprint density at radius 1 is 0.773 bits per heavy atom. The Kier molecular flexibility index (Phi) is 16.2. The van der Waals surface area contributed by atoms with Crippen molar-refractivity contribution in [3.8, 4) is 0 Å². The third kappa shape index (κ3) is 9.95. The van der Waals surface area contributed by atoms with Crippen molar-refractivity contribution in [1.29, 1.82) is 0 Å². The zero-order valence-corrected chi connectivity index (χ0v) is 33.0. The molecule has 0 radical (unpaired) electrons. The first-order chi connectivity index (χ1) is 20.4. The molecule has 1 aliphatic rings. The molecular formula is C38H55Cl2N2PRu. The summed E-state index contributed by atoms with van der Waals surface area (Å²) in [5, 5.41) is 0.800. The largest absolute Gasteiger partial charge is 0.325 e. The van der Waals surface area contributed by atoms with Gasteiger partial charge in [-0.25, -0.2) is 0 Å². The summed E-state index contributed by atoms with van der Waals surface area (Å²) < 4.78 is 0. The number of alkyl halides is 1. The number of rotatable bonds is 13. The van der Waals surface area contributed by atoms with Gasteiger partial charge in [-0.2, -0.15) is 0 Å². The fourth-order valence-electron chi connectivity index (χ4n) is 6.58. The number of benzene rings is 2. The van der Waals surface area contributed by atoms with Crippen LogP contribution < -0.4 is 9.80 Å². The van der Waals surface area contributed by atoms with Gasteiger partial charge in [0.15, 0.2) is 0 Å². The molecule has 2 nitrogen and oxygen atoms in total. The third-order valence-corrected chi connectivity index (χ3v) is 12.4. The smallest absolute Gasteiger partial charge is 0.114 e. The van der Waals surface area contributed by atoms with Gasteiger partial charge >= 0.3 is 0 Å². The molecule has 2 aromatic rings. The quantitative estimate of drug-likeness (QED) is 0.0873. The first-order valence-electron chi connectivity index (χ1n) is 16.2. The van der Waals surface area contributed by atoms with E-state index >= 15 is 0 Å². The van der Waals surface area contributed by atoms with Gasteiger partial charge in [0.05, 0.1) is 5.12 Å². The molecule has 0 amide bonds. The topological polar surface area (TPSA) is 6.48 Å². The second kappa shape index (κ2) is 18.3. The minimum absolute atomic E-state index is 0. The van der Waals surface area contributed by atoms with E-state index in [1.807, 2.05) is 0 Å². The maximum absolute atomic E-state index is 7.80. The summed E-state index contributed by atoms with van der Waals surface area (Å²) in [6, 6.07) is 9.28. The normalized spacial score (nSPS) is 14.3. The zero-order chi connectivity index (χ0) is 31.8. The van der Waals surface area contributed by atoms with E-state index in [-0.39, 0.29) is 24.6 Å². The van der Waals surface area contributed by atoms with E-state index in [9.17, 15) is 0 Å². The summed E-state index contributed by atoms with van der Waals surface area (Å²) in [4.78, 5) is 5.15. The van der Waals surface area contributed by atoms with E-state index in [1.165, 1.54) is 99.7 Å². The zero-order valence-electron chi connectivity index (χ0n) is 28.9. The molecule has 1 atom stereocenters. The predicted octanol–water partition coefficient (Wildman–Crippen LogP) is 12.2. The first-order valence-corrected chi connectivity index (χ1v) is 18.8. The molecule has 0 bridgehead atoms. The average Bonchev–Trinajstić information content (AvgIpc) is 3.32. The molecule has 1 aliphatic heterocycles. The molecule has 0 spiro atoms. The number of nitrogens with zero attached hydrogens (tertiary/aromatic N) is 2. The van der Waals surface area contributed by atoms with E-state index in [0.717, 1.165) is 18.1 Å². The molecule has 0 aromatic heterocycles. The molecule has 244 valence electrons. The molecule has 1 heterocycles. The Labute approximate surface area is 293 Å². The third-order valence-electron chi connectivity index (χ3n) is 8.32. The molecule has 0 saturated carbocycles. The summed E-state index contributed by atoms with van der Waals surface area (Å²) in [5.41, 5.74) is 13.0. The van der Waals surface area contributed by atoms with Gasteiger partial charge in [0, 0.05) is 55.4 Å². The summed E-state index contributed by atoms with van der Waals surface area (Å²) in [7, 11) is -0.405. The van der Waals surface area contributed by atoms with Crippen LogP contribution >= 0.6 is 31.1 Å². The van der Waals surface area contributed by atoms with E-state index in [4.69, 9.17) is 23.2 Å². The predicted molar refractivity (Wildman–Crippen MR) is 197 cm³/mol. The van der Waals surface area contributed by atoms with Gasteiger partial charge in [-0.1, -0.05) is 93.3 Å². The van der Waals surface area contributed by atoms with Crippen molar-refractivity contribution in [3.05, 3.63) is 91.8 Å². The van der Waals surface area contributed by atoms with Gasteiger partial charge < -0.3 is 9.80 Å². The van der Waals surface area contributed by atoms with Crippen LogP contribution in [0.25, 0.3) is 0 Å². The Hall–Kier alpha value is -1.11. The average molecular weight is 743 g/mol. The number of anilines is 2. The van der Waals surface area contributed by atoms with Crippen molar-refractivity contribution in [2.24, 2.45) is 0 Å². The van der Waals surface area contributed by atoms with Crippen molar-refractivity contribution < 1.29 is 19.5 Å². The van der Waals surface area contributed by atoms with Crippen molar-refractivity contribution in [1.82, 2.24) is 0 Å². The Morgan fingerprint density at radius 2 is 1.18 bits per heavy atom. The van der Waals surface area contributed by atoms with Crippen molar-refractivity contribution in [2.45, 2.75) is 106 Å². The van der Waals surface area contributed by atoms with Gasteiger partial charge in [0.1, 0.15) is 5.82 Å². The number of hydrogen-bond acceptors (Lipinski definition) is 2. The summed E-state index contributed by atoms with van der Waals surface area (Å²) in [6.45, 7) is 24.1. The van der Waals surface area contributed by atoms with Crippen LogP contribution in [0.4, 0.5) is 11.4 Å². The first kappa shape index (κ1) is 39.1. The molecule has 2 aromatic carbocycles. The summed E-state index contributed by atoms with van der Waals surface area (Å²) in [5.74, 6) is 1.24. The number of unbranched alkanes of at least 4 members (excludes halogenated alkanes) is 2. The Morgan fingerprint density at radius 3 is 1.55 bits per heavy atom. The van der Waals surface area contributed by atoms with E-state index in [1.54, 1.807) is 0 Å². The van der Waals surface area contributed by atoms with Crippen LogP contribution in [0.3, 0.4) is 0 Å². The fraction of sp³-hybridized carbons (Fsp3) is 0.526. The minimum Gasteiger partial charge on any atom is -0.325 e. The van der Waals surface area contributed by atoms with Gasteiger partial charge in [-0.15, -0.1) is 11.6 Å². The van der Waals surface area contributed by atoms with E-state index in [2.05, 4.69) is 115 Å². The van der Waals surface area contributed by atoms with Gasteiger partial charge in [0.2, 0.25) is 0 Å².